The van der Waals surface area contributed by atoms with Gasteiger partial charge in [0, 0.05) is 32.2 Å². The number of hydrogen-bond acceptors (Lipinski definition) is 2. The molecule has 10 aromatic rings. The number of pyridine rings is 2. The van der Waals surface area contributed by atoms with Crippen molar-refractivity contribution in [2.24, 2.45) is 0 Å². The van der Waals surface area contributed by atoms with Crippen molar-refractivity contribution in [3.63, 3.8) is 0 Å². The summed E-state index contributed by atoms with van der Waals surface area (Å²) >= 11 is 0. The summed E-state index contributed by atoms with van der Waals surface area (Å²) in [5, 5.41) is 9.72. The molecule has 0 amide bonds. The van der Waals surface area contributed by atoms with Gasteiger partial charge in [-0.3, -0.25) is 9.13 Å². The lowest BCUT2D eigenvalue weighted by molar-refractivity contribution is 1.09. The minimum absolute atomic E-state index is 0.908. The molecule has 4 heterocycles. The zero-order valence-corrected chi connectivity index (χ0v) is 34.3. The van der Waals surface area contributed by atoms with Gasteiger partial charge in [0.2, 0.25) is 8.07 Å². The van der Waals surface area contributed by atoms with Crippen LogP contribution in [0, 0.1) is 41.5 Å². The molecular formula is C52H44N4Si. The molecule has 0 atom stereocenters. The molecule has 0 saturated carbocycles. The Bertz CT molecular complexity index is 2850. The summed E-state index contributed by atoms with van der Waals surface area (Å²) in [5.74, 6) is 1.82. The first-order chi connectivity index (χ1) is 27.8. The monoisotopic (exact) mass is 752 g/mol. The molecule has 4 aromatic heterocycles. The molecule has 0 saturated heterocycles. The minimum atomic E-state index is -3.33. The predicted molar refractivity (Wildman–Crippen MR) is 243 cm³/mol. The summed E-state index contributed by atoms with van der Waals surface area (Å²) in [4.78, 5) is 11.8. The van der Waals surface area contributed by atoms with Gasteiger partial charge in [-0.25, -0.2) is 9.97 Å². The van der Waals surface area contributed by atoms with Gasteiger partial charge < -0.3 is 0 Å². The maximum atomic E-state index is 5.90. The van der Waals surface area contributed by atoms with Gasteiger partial charge in [0.05, 0.1) is 22.1 Å². The third-order valence-electron chi connectivity index (χ3n) is 12.0. The van der Waals surface area contributed by atoms with Crippen molar-refractivity contribution in [3.05, 3.63) is 191 Å². The van der Waals surface area contributed by atoms with Crippen molar-refractivity contribution in [1.82, 2.24) is 19.1 Å². The molecule has 0 unspecified atom stereocenters. The van der Waals surface area contributed by atoms with E-state index >= 15 is 0 Å². The van der Waals surface area contributed by atoms with Crippen LogP contribution in [0.5, 0.6) is 0 Å². The van der Waals surface area contributed by atoms with Gasteiger partial charge in [0.15, 0.2) is 0 Å². The normalized spacial score (nSPS) is 12.0. The van der Waals surface area contributed by atoms with Crippen molar-refractivity contribution in [2.45, 2.75) is 41.5 Å². The number of nitrogens with zero attached hydrogens (tertiary/aromatic N) is 4. The van der Waals surface area contributed by atoms with Crippen molar-refractivity contribution >= 4 is 72.7 Å². The van der Waals surface area contributed by atoms with Crippen LogP contribution in [-0.2, 0) is 0 Å². The number of rotatable bonds is 6. The molecule has 5 heteroatoms. The number of para-hydroxylation sites is 4. The summed E-state index contributed by atoms with van der Waals surface area (Å²) in [6, 6.07) is 57.6. The third-order valence-corrected chi connectivity index (χ3v) is 17.1. The lowest BCUT2D eigenvalue weighted by Gasteiger charge is -2.37. The maximum absolute atomic E-state index is 5.90. The standard InChI is InChI=1S/C52H44N4Si/c1-33-29-35(3)51(36(4)30-33)57(52-37(5)31-34(2)32-38(52)6,49-27-15-25-47(53-49)55-43-21-11-7-17-39(43)40-18-8-12-22-44(40)55)50-28-16-26-48(54-50)56-45-23-13-9-19-41(45)42-20-10-14-24-46(42)56/h7-32H,1-6H3. The van der Waals surface area contributed by atoms with E-state index in [0.717, 1.165) is 44.3 Å². The fourth-order valence-corrected chi connectivity index (χ4v) is 15.6. The van der Waals surface area contributed by atoms with Gasteiger partial charge in [-0.1, -0.05) is 143 Å². The summed E-state index contributed by atoms with van der Waals surface area (Å²) in [6.45, 7) is 13.6. The van der Waals surface area contributed by atoms with Gasteiger partial charge >= 0.3 is 0 Å². The number of hydrogen-bond donors (Lipinski definition) is 0. The Kier molecular flexibility index (Phi) is 8.13. The van der Waals surface area contributed by atoms with Crippen molar-refractivity contribution < 1.29 is 0 Å². The Morgan fingerprint density at radius 3 is 0.965 bits per heavy atom. The van der Waals surface area contributed by atoms with Crippen molar-refractivity contribution in [1.29, 1.82) is 0 Å². The van der Waals surface area contributed by atoms with Gasteiger partial charge in [-0.2, -0.15) is 0 Å². The number of fused-ring (bicyclic) bond motifs is 6. The van der Waals surface area contributed by atoms with E-state index in [-0.39, 0.29) is 0 Å². The predicted octanol–water partition coefficient (Wildman–Crippen LogP) is 9.90. The number of aryl methyl sites for hydroxylation is 6. The first-order valence-electron chi connectivity index (χ1n) is 19.8. The largest absolute Gasteiger partial charge is 0.294 e. The lowest BCUT2D eigenvalue weighted by atomic mass is 10.1. The molecule has 0 aliphatic rings. The van der Waals surface area contributed by atoms with E-state index < -0.39 is 8.07 Å². The minimum Gasteiger partial charge on any atom is -0.294 e. The lowest BCUT2D eigenvalue weighted by Crippen LogP contribution is -2.78. The summed E-state index contributed by atoms with van der Waals surface area (Å²) < 4.78 is 4.69. The van der Waals surface area contributed by atoms with Crippen LogP contribution >= 0.6 is 0 Å². The molecule has 57 heavy (non-hydrogen) atoms. The number of aromatic nitrogens is 4. The van der Waals surface area contributed by atoms with Crippen LogP contribution in [0.1, 0.15) is 33.4 Å². The SMILES string of the molecule is Cc1cc(C)c([Si](c2cccc(-n3c4ccccc4c4ccccc43)n2)(c2cccc(-n3c4ccccc4c4ccccc43)n2)c2c(C)cc(C)cc2C)c(C)c1. The summed E-state index contributed by atoms with van der Waals surface area (Å²) in [6.07, 6.45) is 0. The fourth-order valence-electron chi connectivity index (χ4n) is 10.2. The van der Waals surface area contributed by atoms with Gasteiger partial charge in [-0.05, 0) is 100 Å². The molecule has 4 nitrogen and oxygen atoms in total. The Hall–Kier alpha value is -6.56. The molecule has 0 aliphatic heterocycles. The van der Waals surface area contributed by atoms with E-state index in [2.05, 4.69) is 208 Å². The van der Waals surface area contributed by atoms with Crippen LogP contribution < -0.4 is 21.0 Å². The first-order valence-corrected chi connectivity index (χ1v) is 21.8. The smallest absolute Gasteiger partial charge is 0.224 e. The van der Waals surface area contributed by atoms with Crippen LogP contribution in [0.2, 0.25) is 0 Å². The van der Waals surface area contributed by atoms with Gasteiger partial charge in [0.1, 0.15) is 11.6 Å². The van der Waals surface area contributed by atoms with Crippen LogP contribution in [0.4, 0.5) is 0 Å². The second-order valence-electron chi connectivity index (χ2n) is 15.8. The maximum Gasteiger partial charge on any atom is 0.224 e. The zero-order chi connectivity index (χ0) is 39.0. The van der Waals surface area contributed by atoms with Gasteiger partial charge in [-0.15, -0.1) is 0 Å². The topological polar surface area (TPSA) is 35.6 Å². The Morgan fingerprint density at radius 2 is 0.649 bits per heavy atom. The number of benzene rings is 6. The quantitative estimate of drug-likeness (QED) is 0.159. The molecule has 0 fully saturated rings. The molecule has 0 bridgehead atoms. The Balaban J connectivity index is 1.36. The van der Waals surface area contributed by atoms with E-state index in [9.17, 15) is 0 Å². The highest BCUT2D eigenvalue weighted by molar-refractivity contribution is 7.20. The molecule has 0 N–H and O–H groups in total. The van der Waals surface area contributed by atoms with E-state index in [1.54, 1.807) is 0 Å². The highest BCUT2D eigenvalue weighted by atomic mass is 28.3. The molecule has 0 aliphatic carbocycles. The van der Waals surface area contributed by atoms with Crippen molar-refractivity contribution in [3.8, 4) is 11.6 Å². The average Bonchev–Trinajstić information content (AvgIpc) is 3.73. The summed E-state index contributed by atoms with van der Waals surface area (Å²) in [7, 11) is -3.33. The van der Waals surface area contributed by atoms with E-state index in [0.29, 0.717) is 0 Å². The molecule has 6 aromatic carbocycles. The molecule has 0 radical (unpaired) electrons. The first kappa shape index (κ1) is 34.9. The fraction of sp³-hybridized carbons (Fsp3) is 0.115. The Morgan fingerprint density at radius 1 is 0.351 bits per heavy atom. The average molecular weight is 753 g/mol. The highest BCUT2D eigenvalue weighted by Crippen LogP contribution is 2.33. The van der Waals surface area contributed by atoms with E-state index in [1.165, 1.54) is 65.3 Å². The van der Waals surface area contributed by atoms with Crippen LogP contribution in [0.25, 0.3) is 55.2 Å². The van der Waals surface area contributed by atoms with E-state index in [1.807, 2.05) is 0 Å². The molecular weight excluding hydrogens is 709 g/mol. The van der Waals surface area contributed by atoms with Crippen LogP contribution in [0.15, 0.2) is 158 Å². The third kappa shape index (κ3) is 5.26. The molecule has 276 valence electrons. The Labute approximate surface area is 334 Å². The summed E-state index contributed by atoms with van der Waals surface area (Å²) in [5.41, 5.74) is 12.2. The van der Waals surface area contributed by atoms with Gasteiger partial charge in [0.25, 0.3) is 0 Å². The molecule has 0 spiro atoms. The zero-order valence-electron chi connectivity index (χ0n) is 33.3. The van der Waals surface area contributed by atoms with Crippen molar-refractivity contribution in [2.75, 3.05) is 0 Å². The second-order valence-corrected chi connectivity index (χ2v) is 19.3. The van der Waals surface area contributed by atoms with Crippen LogP contribution in [0.3, 0.4) is 0 Å². The van der Waals surface area contributed by atoms with E-state index in [4.69, 9.17) is 9.97 Å². The second kappa shape index (κ2) is 13.3. The van der Waals surface area contributed by atoms with Crippen LogP contribution in [-0.4, -0.2) is 27.2 Å². The molecule has 10 rings (SSSR count). The highest BCUT2D eigenvalue weighted by Gasteiger charge is 2.48.